The van der Waals surface area contributed by atoms with Crippen molar-refractivity contribution < 1.29 is 4.79 Å². The Morgan fingerprint density at radius 1 is 1.41 bits per heavy atom. The molecule has 0 aliphatic carbocycles. The van der Waals surface area contributed by atoms with Crippen LogP contribution in [-0.4, -0.2) is 30.7 Å². The first-order chi connectivity index (χ1) is 8.17. The summed E-state index contributed by atoms with van der Waals surface area (Å²) in [7, 11) is 2.00. The molecule has 17 heavy (non-hydrogen) atoms. The molecule has 0 saturated carbocycles. The Kier molecular flexibility index (Phi) is 6.37. The minimum Gasteiger partial charge on any atom is -0.373 e. The van der Waals surface area contributed by atoms with Gasteiger partial charge in [-0.15, -0.1) is 11.6 Å². The van der Waals surface area contributed by atoms with Crippen LogP contribution in [0, 0.1) is 0 Å². The quantitative estimate of drug-likeness (QED) is 0.817. The summed E-state index contributed by atoms with van der Waals surface area (Å²) in [5, 5.41) is 3.14. The monoisotopic (exact) mass is 318 g/mol. The van der Waals surface area contributed by atoms with Crippen LogP contribution in [0.4, 0.5) is 5.69 Å². The van der Waals surface area contributed by atoms with Gasteiger partial charge in [-0.25, -0.2) is 0 Å². The van der Waals surface area contributed by atoms with Crippen LogP contribution >= 0.6 is 27.5 Å². The number of carbonyl (C=O) groups is 1. The summed E-state index contributed by atoms with van der Waals surface area (Å²) < 4.78 is 0. The Labute approximate surface area is 115 Å². The van der Waals surface area contributed by atoms with Crippen LogP contribution in [0.15, 0.2) is 24.3 Å². The van der Waals surface area contributed by atoms with Gasteiger partial charge in [0.25, 0.3) is 0 Å². The number of nitrogens with zero attached hydrogens (tertiary/aromatic N) is 1. The average molecular weight is 320 g/mol. The fraction of sp³-hybridized carbons (Fsp3) is 0.417. The highest BCUT2D eigenvalue weighted by molar-refractivity contribution is 9.09. The SMILES string of the molecule is CN(CCCl)c1ccc(CNC(=O)CBr)cc1. The molecule has 0 aromatic heterocycles. The lowest BCUT2D eigenvalue weighted by molar-refractivity contribution is -0.118. The van der Waals surface area contributed by atoms with E-state index in [2.05, 4.69) is 26.1 Å². The van der Waals surface area contributed by atoms with E-state index in [1.54, 1.807) is 0 Å². The molecule has 0 fully saturated rings. The molecule has 1 aromatic rings. The van der Waals surface area contributed by atoms with Gasteiger partial charge in [0.05, 0.1) is 5.33 Å². The Morgan fingerprint density at radius 2 is 2.06 bits per heavy atom. The van der Waals surface area contributed by atoms with Crippen LogP contribution in [0.3, 0.4) is 0 Å². The molecule has 0 radical (unpaired) electrons. The lowest BCUT2D eigenvalue weighted by atomic mass is 10.2. The Balaban J connectivity index is 2.52. The van der Waals surface area contributed by atoms with Crippen molar-refractivity contribution in [3.63, 3.8) is 0 Å². The van der Waals surface area contributed by atoms with Gasteiger partial charge in [-0.05, 0) is 17.7 Å². The van der Waals surface area contributed by atoms with Crippen molar-refractivity contribution >= 4 is 39.1 Å². The molecule has 0 spiro atoms. The van der Waals surface area contributed by atoms with Gasteiger partial charge in [-0.2, -0.15) is 0 Å². The van der Waals surface area contributed by atoms with E-state index in [-0.39, 0.29) is 5.91 Å². The molecule has 0 unspecified atom stereocenters. The maximum Gasteiger partial charge on any atom is 0.230 e. The van der Waals surface area contributed by atoms with Gasteiger partial charge in [0.1, 0.15) is 0 Å². The van der Waals surface area contributed by atoms with Gasteiger partial charge in [0, 0.05) is 31.7 Å². The number of halogens is 2. The second kappa shape index (κ2) is 7.56. The van der Waals surface area contributed by atoms with Gasteiger partial charge < -0.3 is 10.2 Å². The molecule has 1 amide bonds. The van der Waals surface area contributed by atoms with Crippen LogP contribution in [-0.2, 0) is 11.3 Å². The molecule has 0 saturated heterocycles. The molecule has 0 aliphatic heterocycles. The molecule has 1 rings (SSSR count). The summed E-state index contributed by atoms with van der Waals surface area (Å²) in [4.78, 5) is 13.2. The lowest BCUT2D eigenvalue weighted by Crippen LogP contribution is -2.23. The van der Waals surface area contributed by atoms with Crippen molar-refractivity contribution in [3.8, 4) is 0 Å². The second-order valence-electron chi connectivity index (χ2n) is 3.69. The summed E-state index contributed by atoms with van der Waals surface area (Å²) in [6, 6.07) is 8.08. The predicted octanol–water partition coefficient (Wildman–Crippen LogP) is 2.37. The zero-order valence-electron chi connectivity index (χ0n) is 9.75. The summed E-state index contributed by atoms with van der Waals surface area (Å²) >= 11 is 8.79. The van der Waals surface area contributed by atoms with Crippen molar-refractivity contribution in [2.75, 3.05) is 29.7 Å². The highest BCUT2D eigenvalue weighted by atomic mass is 79.9. The van der Waals surface area contributed by atoms with Crippen LogP contribution in [0.2, 0.25) is 0 Å². The lowest BCUT2D eigenvalue weighted by Gasteiger charge is -2.18. The Hall–Kier alpha value is -0.740. The number of anilines is 1. The molecule has 0 bridgehead atoms. The van der Waals surface area contributed by atoms with E-state index in [1.165, 1.54) is 0 Å². The van der Waals surface area contributed by atoms with Gasteiger partial charge in [0.15, 0.2) is 0 Å². The molecule has 94 valence electrons. The summed E-state index contributed by atoms with van der Waals surface area (Å²) in [6.45, 7) is 1.38. The maximum atomic E-state index is 11.1. The summed E-state index contributed by atoms with van der Waals surface area (Å²) in [5.41, 5.74) is 2.21. The summed E-state index contributed by atoms with van der Waals surface area (Å²) in [5.74, 6) is 0.605. The first-order valence-corrected chi connectivity index (χ1v) is 7.01. The number of carbonyl (C=O) groups excluding carboxylic acids is 1. The van der Waals surface area contributed by atoms with Crippen molar-refractivity contribution in [3.05, 3.63) is 29.8 Å². The van der Waals surface area contributed by atoms with Crippen molar-refractivity contribution in [2.24, 2.45) is 0 Å². The Morgan fingerprint density at radius 3 is 2.59 bits per heavy atom. The third-order valence-corrected chi connectivity index (χ3v) is 3.09. The molecule has 5 heteroatoms. The smallest absolute Gasteiger partial charge is 0.230 e. The van der Waals surface area contributed by atoms with Gasteiger partial charge in [-0.3, -0.25) is 4.79 Å². The number of nitrogens with one attached hydrogen (secondary N) is 1. The van der Waals surface area contributed by atoms with Crippen molar-refractivity contribution in [1.82, 2.24) is 5.32 Å². The van der Waals surface area contributed by atoms with Crippen molar-refractivity contribution in [2.45, 2.75) is 6.54 Å². The molecule has 0 atom stereocenters. The van der Waals surface area contributed by atoms with Gasteiger partial charge >= 0.3 is 0 Å². The fourth-order valence-electron chi connectivity index (χ4n) is 1.37. The average Bonchev–Trinajstić information content (AvgIpc) is 2.36. The van der Waals surface area contributed by atoms with E-state index in [4.69, 9.17) is 11.6 Å². The van der Waals surface area contributed by atoms with E-state index in [0.717, 1.165) is 17.8 Å². The van der Waals surface area contributed by atoms with Crippen molar-refractivity contribution in [1.29, 1.82) is 0 Å². The maximum absolute atomic E-state index is 11.1. The molecular formula is C12H16BrClN2O. The zero-order valence-corrected chi connectivity index (χ0v) is 12.1. The Bertz CT molecular complexity index is 356. The number of amides is 1. The molecule has 0 aliphatic rings. The minimum absolute atomic E-state index is 0.00617. The summed E-state index contributed by atoms with van der Waals surface area (Å²) in [6.07, 6.45) is 0. The normalized spacial score (nSPS) is 10.1. The topological polar surface area (TPSA) is 32.3 Å². The van der Waals surface area contributed by atoms with E-state index < -0.39 is 0 Å². The highest BCUT2D eigenvalue weighted by Gasteiger charge is 2.01. The number of rotatable bonds is 6. The third-order valence-electron chi connectivity index (χ3n) is 2.41. The molecule has 0 heterocycles. The van der Waals surface area contributed by atoms with Gasteiger partial charge in [0.2, 0.25) is 5.91 Å². The first kappa shape index (κ1) is 14.3. The van der Waals surface area contributed by atoms with E-state index >= 15 is 0 Å². The number of alkyl halides is 2. The van der Waals surface area contributed by atoms with Crippen LogP contribution in [0.1, 0.15) is 5.56 Å². The minimum atomic E-state index is -0.00617. The number of hydrogen-bond donors (Lipinski definition) is 1. The largest absolute Gasteiger partial charge is 0.373 e. The number of benzene rings is 1. The zero-order chi connectivity index (χ0) is 12.7. The van der Waals surface area contributed by atoms with E-state index in [0.29, 0.717) is 17.8 Å². The predicted molar refractivity (Wildman–Crippen MR) is 76.1 cm³/mol. The highest BCUT2D eigenvalue weighted by Crippen LogP contribution is 2.13. The number of hydrogen-bond acceptors (Lipinski definition) is 2. The molecule has 3 nitrogen and oxygen atoms in total. The molecule has 1 aromatic carbocycles. The molecule has 1 N–H and O–H groups in total. The standard InChI is InChI=1S/C12H16BrClN2O/c1-16(7-6-14)11-4-2-10(3-5-11)9-15-12(17)8-13/h2-5H,6-9H2,1H3,(H,15,17). The van der Waals surface area contributed by atoms with Crippen LogP contribution in [0.5, 0.6) is 0 Å². The first-order valence-electron chi connectivity index (χ1n) is 5.36. The third kappa shape index (κ3) is 4.96. The fourth-order valence-corrected chi connectivity index (χ4v) is 1.82. The molecular weight excluding hydrogens is 304 g/mol. The van der Waals surface area contributed by atoms with Crippen LogP contribution in [0.25, 0.3) is 0 Å². The van der Waals surface area contributed by atoms with E-state index in [1.807, 2.05) is 31.3 Å². The second-order valence-corrected chi connectivity index (χ2v) is 4.63. The van der Waals surface area contributed by atoms with Crippen LogP contribution < -0.4 is 10.2 Å². The van der Waals surface area contributed by atoms with Gasteiger partial charge in [-0.1, -0.05) is 28.1 Å². The van der Waals surface area contributed by atoms with E-state index in [9.17, 15) is 4.79 Å².